The lowest BCUT2D eigenvalue weighted by molar-refractivity contribution is -0.130. The molecule has 1 unspecified atom stereocenters. The fourth-order valence-corrected chi connectivity index (χ4v) is 1.85. The van der Waals surface area contributed by atoms with Gasteiger partial charge in [-0.15, -0.1) is 0 Å². The van der Waals surface area contributed by atoms with Gasteiger partial charge < -0.3 is 23.5 Å². The van der Waals surface area contributed by atoms with Gasteiger partial charge in [-0.3, -0.25) is 0 Å². The Morgan fingerprint density at radius 2 is 1.88 bits per heavy atom. The Morgan fingerprint density at radius 3 is 2.24 bits per heavy atom. The zero-order valence-corrected chi connectivity index (χ0v) is 11.3. The van der Waals surface area contributed by atoms with Crippen LogP contribution >= 0.6 is 8.60 Å². The van der Waals surface area contributed by atoms with Gasteiger partial charge in [-0.1, -0.05) is 5.16 Å². The van der Waals surface area contributed by atoms with Crippen molar-refractivity contribution in [3.8, 4) is 0 Å². The SMILES string of the molecule is CCOP(OCC)OC(C)C(=NOC)C(=O)O. The van der Waals surface area contributed by atoms with Gasteiger partial charge in [-0.2, -0.15) is 0 Å². The molecule has 0 amide bonds. The minimum absolute atomic E-state index is 0.237. The Labute approximate surface area is 102 Å². The van der Waals surface area contributed by atoms with Crippen molar-refractivity contribution in [2.45, 2.75) is 26.9 Å². The fourth-order valence-electron chi connectivity index (χ4n) is 0.873. The molecular formula is C9H18NO6P. The third-order valence-corrected chi connectivity index (χ3v) is 2.93. The van der Waals surface area contributed by atoms with Crippen molar-refractivity contribution >= 4 is 20.3 Å². The van der Waals surface area contributed by atoms with Gasteiger partial charge >= 0.3 is 14.6 Å². The number of carbonyl (C=O) groups is 1. The molecule has 0 aromatic rings. The highest BCUT2D eigenvalue weighted by atomic mass is 31.2. The summed E-state index contributed by atoms with van der Waals surface area (Å²) >= 11 is 0. The summed E-state index contributed by atoms with van der Waals surface area (Å²) in [6.07, 6.45) is -0.781. The fraction of sp³-hybridized carbons (Fsp3) is 0.778. The van der Waals surface area contributed by atoms with Gasteiger partial charge in [0, 0.05) is 0 Å². The molecule has 0 aliphatic carbocycles. The molecule has 1 atom stereocenters. The molecule has 0 saturated carbocycles. The van der Waals surface area contributed by atoms with Crippen LogP contribution in [0.15, 0.2) is 5.16 Å². The highest BCUT2D eigenvalue weighted by Gasteiger charge is 2.25. The van der Waals surface area contributed by atoms with Crippen LogP contribution in [-0.4, -0.2) is 43.2 Å². The van der Waals surface area contributed by atoms with Crippen molar-refractivity contribution in [1.29, 1.82) is 0 Å². The predicted octanol–water partition coefficient (Wildman–Crippen LogP) is 1.78. The topological polar surface area (TPSA) is 86.6 Å². The van der Waals surface area contributed by atoms with Crippen LogP contribution in [0.3, 0.4) is 0 Å². The van der Waals surface area contributed by atoms with Crippen LogP contribution in [0, 0.1) is 0 Å². The second-order valence-corrected chi connectivity index (χ2v) is 3.95. The number of aliphatic carboxylic acids is 1. The Morgan fingerprint density at radius 1 is 1.35 bits per heavy atom. The van der Waals surface area contributed by atoms with Crippen molar-refractivity contribution in [1.82, 2.24) is 0 Å². The van der Waals surface area contributed by atoms with Crippen LogP contribution in [0.25, 0.3) is 0 Å². The molecule has 0 fully saturated rings. The largest absolute Gasteiger partial charge is 0.477 e. The first-order valence-corrected chi connectivity index (χ1v) is 6.23. The molecule has 0 aliphatic rings. The van der Waals surface area contributed by atoms with Crippen LogP contribution in [-0.2, 0) is 23.2 Å². The molecule has 8 heteroatoms. The van der Waals surface area contributed by atoms with Gasteiger partial charge in [0.25, 0.3) is 0 Å². The number of carboxylic acid groups (broad SMARTS) is 1. The molecule has 100 valence electrons. The monoisotopic (exact) mass is 267 g/mol. The minimum Gasteiger partial charge on any atom is -0.477 e. The lowest BCUT2D eigenvalue weighted by Gasteiger charge is -2.19. The Balaban J connectivity index is 4.49. The number of oxime groups is 1. The maximum absolute atomic E-state index is 10.9. The summed E-state index contributed by atoms with van der Waals surface area (Å²) in [7, 11) is -0.301. The van der Waals surface area contributed by atoms with Crippen molar-refractivity contribution in [2.24, 2.45) is 5.16 Å². The van der Waals surface area contributed by atoms with E-state index in [9.17, 15) is 4.79 Å². The first-order valence-electron chi connectivity index (χ1n) is 5.13. The zero-order chi connectivity index (χ0) is 13.3. The summed E-state index contributed by atoms with van der Waals surface area (Å²) in [5.74, 6) is -1.21. The lowest BCUT2D eigenvalue weighted by atomic mass is 10.2. The van der Waals surface area contributed by atoms with Gasteiger partial charge in [0.2, 0.25) is 0 Å². The summed E-state index contributed by atoms with van der Waals surface area (Å²) < 4.78 is 15.7. The molecular weight excluding hydrogens is 249 g/mol. The highest BCUT2D eigenvalue weighted by Crippen LogP contribution is 2.40. The highest BCUT2D eigenvalue weighted by molar-refractivity contribution is 7.41. The molecule has 1 N–H and O–H groups in total. The number of hydrogen-bond acceptors (Lipinski definition) is 6. The predicted molar refractivity (Wildman–Crippen MR) is 62.8 cm³/mol. The average Bonchev–Trinajstić information content (AvgIpc) is 2.25. The summed E-state index contributed by atoms with van der Waals surface area (Å²) in [4.78, 5) is 15.3. The van der Waals surface area contributed by atoms with Crippen LogP contribution in [0.5, 0.6) is 0 Å². The van der Waals surface area contributed by atoms with E-state index in [0.29, 0.717) is 13.2 Å². The minimum atomic E-state index is -1.57. The van der Waals surface area contributed by atoms with E-state index in [1.54, 1.807) is 20.8 Å². The van der Waals surface area contributed by atoms with Crippen molar-refractivity contribution < 1.29 is 28.3 Å². The Hall–Kier alpha value is -0.750. The van der Waals surface area contributed by atoms with Gasteiger partial charge in [0.05, 0.1) is 13.2 Å². The molecule has 0 bridgehead atoms. The quantitative estimate of drug-likeness (QED) is 0.389. The van der Waals surface area contributed by atoms with E-state index in [2.05, 4.69) is 9.99 Å². The van der Waals surface area contributed by atoms with Crippen molar-refractivity contribution in [3.05, 3.63) is 0 Å². The molecule has 0 aromatic carbocycles. The van der Waals surface area contributed by atoms with E-state index in [1.165, 1.54) is 7.11 Å². The smallest absolute Gasteiger partial charge is 0.356 e. The molecule has 0 heterocycles. The summed E-state index contributed by atoms with van der Waals surface area (Å²) in [5.41, 5.74) is -0.237. The number of rotatable bonds is 9. The summed E-state index contributed by atoms with van der Waals surface area (Å²) in [5, 5.41) is 12.3. The third-order valence-electron chi connectivity index (χ3n) is 1.51. The maximum Gasteiger partial charge on any atom is 0.356 e. The van der Waals surface area contributed by atoms with Gasteiger partial charge in [0.15, 0.2) is 5.71 Å². The Bertz CT molecular complexity index is 254. The van der Waals surface area contributed by atoms with Crippen molar-refractivity contribution in [2.75, 3.05) is 20.3 Å². The van der Waals surface area contributed by atoms with Crippen LogP contribution in [0.4, 0.5) is 0 Å². The van der Waals surface area contributed by atoms with E-state index in [4.69, 9.17) is 18.7 Å². The number of carboxylic acids is 1. The number of nitrogens with zero attached hydrogens (tertiary/aromatic N) is 1. The zero-order valence-electron chi connectivity index (χ0n) is 10.4. The standard InChI is InChI=1S/C9H18NO6P/c1-5-14-17(15-6-2)16-7(3)8(9(11)12)10-13-4/h7H,5-6H2,1-4H3,(H,11,12). The summed E-state index contributed by atoms with van der Waals surface area (Å²) in [6, 6.07) is 0. The van der Waals surface area contributed by atoms with Crippen LogP contribution in [0.1, 0.15) is 20.8 Å². The van der Waals surface area contributed by atoms with Crippen molar-refractivity contribution in [3.63, 3.8) is 0 Å². The molecule has 7 nitrogen and oxygen atoms in total. The summed E-state index contributed by atoms with van der Waals surface area (Å²) in [6.45, 7) is 5.97. The molecule has 0 rings (SSSR count). The molecule has 17 heavy (non-hydrogen) atoms. The first kappa shape index (κ1) is 16.2. The van der Waals surface area contributed by atoms with Crippen LogP contribution < -0.4 is 0 Å². The maximum atomic E-state index is 10.9. The molecule has 0 radical (unpaired) electrons. The number of hydrogen-bond donors (Lipinski definition) is 1. The normalized spacial score (nSPS) is 13.8. The van der Waals surface area contributed by atoms with Gasteiger partial charge in [-0.05, 0) is 20.8 Å². The first-order chi connectivity index (χ1) is 8.06. The third kappa shape index (κ3) is 6.53. The van der Waals surface area contributed by atoms with E-state index < -0.39 is 20.7 Å². The van der Waals surface area contributed by atoms with E-state index >= 15 is 0 Å². The molecule has 0 saturated heterocycles. The molecule has 0 aliphatic heterocycles. The Kier molecular flexibility index (Phi) is 8.89. The van der Waals surface area contributed by atoms with E-state index in [0.717, 1.165) is 0 Å². The van der Waals surface area contributed by atoms with Gasteiger partial charge in [0.1, 0.15) is 13.2 Å². The average molecular weight is 267 g/mol. The second kappa shape index (κ2) is 9.30. The molecule has 0 spiro atoms. The lowest BCUT2D eigenvalue weighted by Crippen LogP contribution is -2.28. The molecule has 0 aromatic heterocycles. The van der Waals surface area contributed by atoms with E-state index in [1.807, 2.05) is 0 Å². The van der Waals surface area contributed by atoms with Gasteiger partial charge in [-0.25, -0.2) is 4.79 Å². The van der Waals surface area contributed by atoms with E-state index in [-0.39, 0.29) is 5.71 Å². The second-order valence-electron chi connectivity index (χ2n) is 2.77. The van der Waals surface area contributed by atoms with Crippen LogP contribution in [0.2, 0.25) is 0 Å².